The molecule has 0 unspecified atom stereocenters. The molecule has 1 fully saturated rings. The van der Waals surface area contributed by atoms with Crippen molar-refractivity contribution in [2.45, 2.75) is 44.4 Å². The lowest BCUT2D eigenvalue weighted by atomic mass is 9.81. The zero-order valence-electron chi connectivity index (χ0n) is 20.1. The molecule has 1 aliphatic rings. The Balaban J connectivity index is 1.78. The molecule has 0 saturated carbocycles. The molecule has 1 aliphatic heterocycles. The molecule has 1 aromatic heterocycles. The normalized spacial score (nSPS) is 19.7. The number of carboxylic acids is 1. The summed E-state index contributed by atoms with van der Waals surface area (Å²) in [5.41, 5.74) is 3.48. The fraction of sp³-hybridized carbons (Fsp3) is 0.310. The number of alkyl halides is 3. The molecule has 0 amide bonds. The monoisotopic (exact) mass is 494 g/mol. The first kappa shape index (κ1) is 25.6. The van der Waals surface area contributed by atoms with Crippen LogP contribution >= 0.6 is 0 Å². The molecule has 2 aromatic carbocycles. The molecule has 7 heteroatoms. The van der Waals surface area contributed by atoms with Crippen molar-refractivity contribution in [3.8, 4) is 0 Å². The van der Waals surface area contributed by atoms with Gasteiger partial charge < -0.3 is 5.11 Å². The number of carbonyl (C=O) groups is 1. The molecular formula is C29H29F3N2O2. The molecule has 2 heterocycles. The predicted molar refractivity (Wildman–Crippen MR) is 134 cm³/mol. The number of halogens is 3. The zero-order chi connectivity index (χ0) is 26.0. The number of pyridine rings is 1. The van der Waals surface area contributed by atoms with Gasteiger partial charge in [0.15, 0.2) is 0 Å². The number of rotatable bonds is 7. The predicted octanol–water partition coefficient (Wildman–Crippen LogP) is 7.36. The Morgan fingerprint density at radius 1 is 1.17 bits per heavy atom. The third kappa shape index (κ3) is 5.51. The molecule has 1 N–H and O–H groups in total. The summed E-state index contributed by atoms with van der Waals surface area (Å²) in [6.45, 7) is 10.9. The van der Waals surface area contributed by atoms with Gasteiger partial charge in [0.1, 0.15) is 0 Å². The molecule has 1 saturated heterocycles. The van der Waals surface area contributed by atoms with Gasteiger partial charge in [-0.25, -0.2) is 0 Å². The number of carboxylic acid groups (broad SMARTS) is 1. The van der Waals surface area contributed by atoms with E-state index in [0.29, 0.717) is 19.4 Å². The molecule has 4 nitrogen and oxygen atoms in total. The summed E-state index contributed by atoms with van der Waals surface area (Å²) in [5.74, 6) is -0.949. The number of nitrogens with zero attached hydrogens (tertiary/aromatic N) is 2. The van der Waals surface area contributed by atoms with E-state index in [9.17, 15) is 23.1 Å². The van der Waals surface area contributed by atoms with Crippen molar-refractivity contribution in [2.75, 3.05) is 6.54 Å². The van der Waals surface area contributed by atoms with Crippen LogP contribution in [-0.2, 0) is 11.0 Å². The van der Waals surface area contributed by atoms with Crippen LogP contribution in [0.5, 0.6) is 0 Å². The Hall–Kier alpha value is -3.45. The quantitative estimate of drug-likeness (QED) is 0.349. The maximum absolute atomic E-state index is 13.2. The molecule has 0 spiro atoms. The first-order valence-electron chi connectivity index (χ1n) is 11.9. The van der Waals surface area contributed by atoms with Gasteiger partial charge >= 0.3 is 12.1 Å². The molecule has 188 valence electrons. The third-order valence-electron chi connectivity index (χ3n) is 6.99. The lowest BCUT2D eigenvalue weighted by Gasteiger charge is -2.45. The highest BCUT2D eigenvalue weighted by Crippen LogP contribution is 2.45. The summed E-state index contributed by atoms with van der Waals surface area (Å²) in [4.78, 5) is 18.1. The summed E-state index contributed by atoms with van der Waals surface area (Å²) in [6, 6.07) is 14.5. The van der Waals surface area contributed by atoms with E-state index in [1.165, 1.54) is 12.1 Å². The number of hydrogen-bond donors (Lipinski definition) is 1. The second-order valence-electron chi connectivity index (χ2n) is 9.53. The second-order valence-corrected chi connectivity index (χ2v) is 9.53. The Labute approximate surface area is 208 Å². The maximum atomic E-state index is 13.2. The number of aliphatic carboxylic acids is 1. The summed E-state index contributed by atoms with van der Waals surface area (Å²) < 4.78 is 39.6. The molecule has 3 atom stereocenters. The van der Waals surface area contributed by atoms with E-state index in [1.54, 1.807) is 6.20 Å². The van der Waals surface area contributed by atoms with Gasteiger partial charge in [-0.2, -0.15) is 13.2 Å². The Morgan fingerprint density at radius 2 is 1.89 bits per heavy atom. The van der Waals surface area contributed by atoms with Crippen molar-refractivity contribution in [2.24, 2.45) is 5.92 Å². The number of hydrogen-bond acceptors (Lipinski definition) is 3. The van der Waals surface area contributed by atoms with E-state index in [-0.39, 0.29) is 24.4 Å². The summed E-state index contributed by atoms with van der Waals surface area (Å²) in [5, 5.41) is 10.4. The van der Waals surface area contributed by atoms with E-state index in [2.05, 4.69) is 29.1 Å². The van der Waals surface area contributed by atoms with Crippen LogP contribution in [0.15, 0.2) is 85.1 Å². The van der Waals surface area contributed by atoms with Crippen molar-refractivity contribution >= 4 is 16.9 Å². The van der Waals surface area contributed by atoms with Crippen LogP contribution in [0.2, 0.25) is 0 Å². The van der Waals surface area contributed by atoms with E-state index in [4.69, 9.17) is 0 Å². The van der Waals surface area contributed by atoms with E-state index < -0.39 is 17.7 Å². The lowest BCUT2D eigenvalue weighted by molar-refractivity contribution is -0.139. The van der Waals surface area contributed by atoms with Crippen LogP contribution < -0.4 is 0 Å². The minimum atomic E-state index is -4.42. The molecule has 0 bridgehead atoms. The standard InChI is InChI=1S/C29H29F3N2O2/c1-18(2)19(3)28(23-8-11-25-22(17-23)5-4-13-33-25)34-14-12-20(16-27(35)36)15-26(34)21-6-9-24(10-7-21)29(30,31)32/h4-11,13,17,20,26,28H,1,3,12,14-16H2,2H3,(H,35,36)/t20-,26+,28-/m1/s1. The topological polar surface area (TPSA) is 53.4 Å². The van der Waals surface area contributed by atoms with Crippen LogP contribution in [0.3, 0.4) is 0 Å². The van der Waals surface area contributed by atoms with Crippen LogP contribution in [0.4, 0.5) is 13.2 Å². The summed E-state index contributed by atoms with van der Waals surface area (Å²) >= 11 is 0. The fourth-order valence-electron chi connectivity index (χ4n) is 5.11. The van der Waals surface area contributed by atoms with Gasteiger partial charge in [0.25, 0.3) is 0 Å². The number of piperidine rings is 1. The van der Waals surface area contributed by atoms with E-state index >= 15 is 0 Å². The Bertz CT molecular complexity index is 1280. The van der Waals surface area contributed by atoms with Crippen molar-refractivity contribution in [1.29, 1.82) is 0 Å². The largest absolute Gasteiger partial charge is 0.481 e. The van der Waals surface area contributed by atoms with Crippen molar-refractivity contribution < 1.29 is 23.1 Å². The fourth-order valence-corrected chi connectivity index (χ4v) is 5.11. The molecule has 0 radical (unpaired) electrons. The highest BCUT2D eigenvalue weighted by Gasteiger charge is 2.37. The minimum Gasteiger partial charge on any atom is -0.481 e. The third-order valence-corrected chi connectivity index (χ3v) is 6.99. The van der Waals surface area contributed by atoms with Gasteiger partial charge in [0.2, 0.25) is 0 Å². The smallest absolute Gasteiger partial charge is 0.416 e. The van der Waals surface area contributed by atoms with Crippen LogP contribution in [0, 0.1) is 5.92 Å². The van der Waals surface area contributed by atoms with Crippen molar-refractivity contribution in [3.05, 3.63) is 102 Å². The first-order valence-corrected chi connectivity index (χ1v) is 11.9. The molecular weight excluding hydrogens is 465 g/mol. The zero-order valence-corrected chi connectivity index (χ0v) is 20.1. The first-order chi connectivity index (χ1) is 17.0. The average molecular weight is 495 g/mol. The van der Waals surface area contributed by atoms with Crippen LogP contribution in [0.25, 0.3) is 10.9 Å². The lowest BCUT2D eigenvalue weighted by Crippen LogP contribution is -2.40. The molecule has 4 rings (SSSR count). The Morgan fingerprint density at radius 3 is 2.53 bits per heavy atom. The molecule has 36 heavy (non-hydrogen) atoms. The van der Waals surface area contributed by atoms with Crippen molar-refractivity contribution in [3.63, 3.8) is 0 Å². The minimum absolute atomic E-state index is 0.0265. The van der Waals surface area contributed by atoms with Crippen LogP contribution in [0.1, 0.15) is 55.0 Å². The molecule has 0 aliphatic carbocycles. The Kier molecular flexibility index (Phi) is 7.31. The van der Waals surface area contributed by atoms with Gasteiger partial charge in [-0.15, -0.1) is 0 Å². The SMILES string of the molecule is C=C(C)C(=C)[C@H](c1ccc2ncccc2c1)N1CC[C@@H](CC(=O)O)C[C@H]1c1ccc(C(F)(F)F)cc1. The number of fused-ring (bicyclic) bond motifs is 1. The maximum Gasteiger partial charge on any atom is 0.416 e. The second kappa shape index (κ2) is 10.3. The number of aromatic nitrogens is 1. The average Bonchev–Trinajstić information content (AvgIpc) is 2.84. The van der Waals surface area contributed by atoms with Crippen molar-refractivity contribution in [1.82, 2.24) is 9.88 Å². The number of benzene rings is 2. The van der Waals surface area contributed by atoms with E-state index in [1.807, 2.05) is 31.2 Å². The molecule has 3 aromatic rings. The van der Waals surface area contributed by atoms with Gasteiger partial charge in [-0.3, -0.25) is 14.7 Å². The summed E-state index contributed by atoms with van der Waals surface area (Å²) in [7, 11) is 0. The van der Waals surface area contributed by atoms with Gasteiger partial charge in [-0.05, 0) is 79.3 Å². The summed E-state index contributed by atoms with van der Waals surface area (Å²) in [6.07, 6.45) is -1.48. The highest BCUT2D eigenvalue weighted by atomic mass is 19.4. The number of likely N-dealkylation sites (tertiary alicyclic amines) is 1. The highest BCUT2D eigenvalue weighted by molar-refractivity contribution is 5.79. The van der Waals surface area contributed by atoms with E-state index in [0.717, 1.165) is 45.3 Å². The van der Waals surface area contributed by atoms with Gasteiger partial charge in [-0.1, -0.05) is 43.0 Å². The van der Waals surface area contributed by atoms with Gasteiger partial charge in [0.05, 0.1) is 17.1 Å². The van der Waals surface area contributed by atoms with Crippen LogP contribution in [-0.4, -0.2) is 27.5 Å². The van der Waals surface area contributed by atoms with Gasteiger partial charge in [0, 0.05) is 24.0 Å².